The van der Waals surface area contributed by atoms with Crippen LogP contribution in [-0.4, -0.2) is 19.2 Å². The van der Waals surface area contributed by atoms with Crippen molar-refractivity contribution >= 4 is 10.9 Å². The van der Waals surface area contributed by atoms with Crippen LogP contribution in [-0.2, 0) is 0 Å². The highest BCUT2D eigenvalue weighted by Gasteiger charge is 2.15. The van der Waals surface area contributed by atoms with Gasteiger partial charge in [0.2, 0.25) is 0 Å². The van der Waals surface area contributed by atoms with Crippen molar-refractivity contribution in [3.63, 3.8) is 0 Å². The maximum absolute atomic E-state index is 13.4. The number of hydrogen-bond donors (Lipinski definition) is 0. The molecule has 0 radical (unpaired) electrons. The van der Waals surface area contributed by atoms with E-state index in [1.807, 2.05) is 42.6 Å². The summed E-state index contributed by atoms with van der Waals surface area (Å²) in [6.45, 7) is 0. The molecule has 0 unspecified atom stereocenters. The minimum atomic E-state index is -0.278. The largest absolute Gasteiger partial charge is 0.493 e. The fourth-order valence-electron chi connectivity index (χ4n) is 3.20. The molecule has 1 aromatic heterocycles. The van der Waals surface area contributed by atoms with Crippen LogP contribution >= 0.6 is 0 Å². The van der Waals surface area contributed by atoms with Gasteiger partial charge in [-0.3, -0.25) is 4.98 Å². The third-order valence-corrected chi connectivity index (χ3v) is 4.56. The summed E-state index contributed by atoms with van der Waals surface area (Å²) in [6, 6.07) is 20.4. The van der Waals surface area contributed by atoms with E-state index in [-0.39, 0.29) is 5.82 Å². The molecule has 0 aliphatic heterocycles. The summed E-state index contributed by atoms with van der Waals surface area (Å²) in [5.41, 5.74) is 4.55. The lowest BCUT2D eigenvalue weighted by atomic mass is 9.97. The molecule has 1 heterocycles. The molecule has 0 spiro atoms. The topological polar surface area (TPSA) is 31.4 Å². The second-order valence-electron chi connectivity index (χ2n) is 6.18. The molecule has 0 amide bonds. The highest BCUT2D eigenvalue weighted by molar-refractivity contribution is 5.86. The molecule has 0 atom stereocenters. The molecule has 4 rings (SSSR count). The zero-order chi connectivity index (χ0) is 18.8. The molecule has 0 aliphatic rings. The molecular formula is C23H18FNO2. The summed E-state index contributed by atoms with van der Waals surface area (Å²) < 4.78 is 24.5. The Labute approximate surface area is 157 Å². The number of para-hydroxylation sites is 1. The van der Waals surface area contributed by atoms with Gasteiger partial charge in [0.25, 0.3) is 0 Å². The van der Waals surface area contributed by atoms with Crippen molar-refractivity contribution in [2.75, 3.05) is 14.2 Å². The number of halogens is 1. The lowest BCUT2D eigenvalue weighted by Gasteiger charge is -2.16. The Morgan fingerprint density at radius 3 is 2.30 bits per heavy atom. The molecule has 134 valence electrons. The number of nitrogens with zero attached hydrogens (tertiary/aromatic N) is 1. The maximum atomic E-state index is 13.4. The van der Waals surface area contributed by atoms with Gasteiger partial charge in [-0.25, -0.2) is 4.39 Å². The summed E-state index contributed by atoms with van der Waals surface area (Å²) in [5.74, 6) is 0.948. The van der Waals surface area contributed by atoms with E-state index in [4.69, 9.17) is 9.47 Å². The summed E-state index contributed by atoms with van der Waals surface area (Å²) in [7, 11) is 3.21. The Morgan fingerprint density at radius 2 is 1.56 bits per heavy atom. The zero-order valence-corrected chi connectivity index (χ0v) is 15.1. The lowest BCUT2D eigenvalue weighted by Crippen LogP contribution is -1.95. The van der Waals surface area contributed by atoms with Crippen molar-refractivity contribution in [2.45, 2.75) is 0 Å². The molecule has 0 saturated carbocycles. The molecular weight excluding hydrogens is 341 g/mol. The first-order chi connectivity index (χ1) is 13.2. The van der Waals surface area contributed by atoms with Crippen LogP contribution in [0.5, 0.6) is 11.5 Å². The molecule has 3 nitrogen and oxygen atoms in total. The maximum Gasteiger partial charge on any atom is 0.168 e. The van der Waals surface area contributed by atoms with Gasteiger partial charge in [0.1, 0.15) is 5.82 Å². The van der Waals surface area contributed by atoms with E-state index in [1.165, 1.54) is 12.1 Å². The summed E-state index contributed by atoms with van der Waals surface area (Å²) >= 11 is 0. The van der Waals surface area contributed by atoms with E-state index >= 15 is 0 Å². The van der Waals surface area contributed by atoms with Crippen LogP contribution in [0.2, 0.25) is 0 Å². The van der Waals surface area contributed by atoms with Crippen molar-refractivity contribution in [3.8, 4) is 33.8 Å². The van der Waals surface area contributed by atoms with Crippen LogP contribution < -0.4 is 9.47 Å². The van der Waals surface area contributed by atoms with Crippen LogP contribution in [0.4, 0.5) is 4.39 Å². The Hall–Kier alpha value is -3.40. The van der Waals surface area contributed by atoms with Gasteiger partial charge in [-0.1, -0.05) is 30.3 Å². The van der Waals surface area contributed by atoms with Gasteiger partial charge in [0.05, 0.1) is 19.7 Å². The third-order valence-electron chi connectivity index (χ3n) is 4.56. The first-order valence-corrected chi connectivity index (χ1v) is 8.56. The molecule has 0 bridgehead atoms. The standard InChI is InChI=1S/C23H18FNO2/c1-26-22-13-17(18-11-16-5-3-4-6-21(16)25-14-18)12-20(23(22)27-2)15-7-9-19(24)10-8-15/h3-14H,1-2H3. The van der Waals surface area contributed by atoms with Gasteiger partial charge in [-0.2, -0.15) is 0 Å². The Bertz CT molecular complexity index is 1110. The summed E-state index contributed by atoms with van der Waals surface area (Å²) in [4.78, 5) is 4.55. The number of fused-ring (bicyclic) bond motifs is 1. The third kappa shape index (κ3) is 3.22. The molecule has 27 heavy (non-hydrogen) atoms. The molecule has 0 fully saturated rings. The number of methoxy groups -OCH3 is 2. The monoisotopic (exact) mass is 359 g/mol. The van der Waals surface area contributed by atoms with Crippen LogP contribution in [0, 0.1) is 5.82 Å². The highest BCUT2D eigenvalue weighted by atomic mass is 19.1. The second-order valence-corrected chi connectivity index (χ2v) is 6.18. The number of pyridine rings is 1. The number of aromatic nitrogens is 1. The Morgan fingerprint density at radius 1 is 0.778 bits per heavy atom. The number of ether oxygens (including phenoxy) is 2. The van der Waals surface area contributed by atoms with Gasteiger partial charge in [0, 0.05) is 22.7 Å². The number of benzene rings is 3. The molecule has 0 aliphatic carbocycles. The lowest BCUT2D eigenvalue weighted by molar-refractivity contribution is 0.356. The van der Waals surface area contributed by atoms with E-state index in [2.05, 4.69) is 11.1 Å². The predicted molar refractivity (Wildman–Crippen MR) is 106 cm³/mol. The van der Waals surface area contributed by atoms with E-state index < -0.39 is 0 Å². The fourth-order valence-corrected chi connectivity index (χ4v) is 3.20. The normalized spacial score (nSPS) is 10.8. The fraction of sp³-hybridized carbons (Fsp3) is 0.0870. The van der Waals surface area contributed by atoms with Crippen molar-refractivity contribution < 1.29 is 13.9 Å². The van der Waals surface area contributed by atoms with Gasteiger partial charge < -0.3 is 9.47 Å². The van der Waals surface area contributed by atoms with E-state index in [0.717, 1.165) is 33.2 Å². The molecule has 4 heteroatoms. The first-order valence-electron chi connectivity index (χ1n) is 8.56. The smallest absolute Gasteiger partial charge is 0.168 e. The molecule has 4 aromatic rings. The summed E-state index contributed by atoms with van der Waals surface area (Å²) in [6.07, 6.45) is 1.85. The van der Waals surface area contributed by atoms with E-state index in [9.17, 15) is 4.39 Å². The van der Waals surface area contributed by atoms with E-state index in [0.29, 0.717) is 11.5 Å². The number of hydrogen-bond acceptors (Lipinski definition) is 3. The average molecular weight is 359 g/mol. The van der Waals surface area contributed by atoms with Crippen molar-refractivity contribution in [1.29, 1.82) is 0 Å². The van der Waals surface area contributed by atoms with Gasteiger partial charge >= 0.3 is 0 Å². The van der Waals surface area contributed by atoms with Crippen LogP contribution in [0.15, 0.2) is 72.9 Å². The molecule has 3 aromatic carbocycles. The minimum Gasteiger partial charge on any atom is -0.493 e. The number of rotatable bonds is 4. The van der Waals surface area contributed by atoms with Crippen molar-refractivity contribution in [2.24, 2.45) is 0 Å². The first kappa shape index (κ1) is 17.0. The van der Waals surface area contributed by atoms with E-state index in [1.54, 1.807) is 26.4 Å². The quantitative estimate of drug-likeness (QED) is 0.467. The molecule has 0 saturated heterocycles. The Kier molecular flexibility index (Phi) is 4.47. The van der Waals surface area contributed by atoms with Gasteiger partial charge in [-0.05, 0) is 47.5 Å². The predicted octanol–water partition coefficient (Wildman–Crippen LogP) is 5.73. The Balaban J connectivity index is 1.92. The van der Waals surface area contributed by atoms with Crippen LogP contribution in [0.25, 0.3) is 33.2 Å². The van der Waals surface area contributed by atoms with Gasteiger partial charge in [-0.15, -0.1) is 0 Å². The second kappa shape index (κ2) is 7.08. The van der Waals surface area contributed by atoms with Crippen LogP contribution in [0.1, 0.15) is 0 Å². The van der Waals surface area contributed by atoms with Gasteiger partial charge in [0.15, 0.2) is 11.5 Å². The highest BCUT2D eigenvalue weighted by Crippen LogP contribution is 2.42. The average Bonchev–Trinajstić information content (AvgIpc) is 2.73. The summed E-state index contributed by atoms with van der Waals surface area (Å²) in [5, 5.41) is 1.06. The van der Waals surface area contributed by atoms with Crippen LogP contribution in [0.3, 0.4) is 0 Å². The zero-order valence-electron chi connectivity index (χ0n) is 15.1. The van der Waals surface area contributed by atoms with Crippen molar-refractivity contribution in [3.05, 3.63) is 78.7 Å². The molecule has 0 N–H and O–H groups in total. The SMILES string of the molecule is COc1cc(-c2cnc3ccccc3c2)cc(-c2ccc(F)cc2)c1OC. The minimum absolute atomic E-state index is 0.278. The van der Waals surface area contributed by atoms with Crippen molar-refractivity contribution in [1.82, 2.24) is 4.98 Å².